The van der Waals surface area contributed by atoms with Gasteiger partial charge in [0.1, 0.15) is 0 Å². The van der Waals surface area contributed by atoms with Gasteiger partial charge < -0.3 is 10.4 Å². The van der Waals surface area contributed by atoms with Crippen molar-refractivity contribution in [2.75, 3.05) is 13.1 Å². The molecule has 94 valence electrons. The molecule has 0 aromatic carbocycles. The standard InChI is InChI=1S/C10H17F3N2O/c1-2-7-5-15(8(16)10(11,12)13)9(3-4-9)6-14-7/h7-8,14,16H,2-6H2,1H3/t7-,8?/m1/s1. The van der Waals surface area contributed by atoms with E-state index in [4.69, 9.17) is 0 Å². The second-order valence-corrected chi connectivity index (χ2v) is 4.78. The van der Waals surface area contributed by atoms with E-state index >= 15 is 0 Å². The summed E-state index contributed by atoms with van der Waals surface area (Å²) in [6, 6.07) is 0.0447. The third-order valence-electron chi connectivity index (χ3n) is 3.65. The predicted octanol–water partition coefficient (Wildman–Crippen LogP) is 1.08. The highest BCUT2D eigenvalue weighted by atomic mass is 19.4. The highest BCUT2D eigenvalue weighted by Gasteiger charge is 2.57. The van der Waals surface area contributed by atoms with Crippen molar-refractivity contribution in [2.45, 2.75) is 50.2 Å². The van der Waals surface area contributed by atoms with E-state index in [1.54, 1.807) is 0 Å². The third kappa shape index (κ3) is 2.06. The van der Waals surface area contributed by atoms with Crippen molar-refractivity contribution in [1.82, 2.24) is 10.2 Å². The summed E-state index contributed by atoms with van der Waals surface area (Å²) in [7, 11) is 0. The first kappa shape index (κ1) is 12.1. The van der Waals surface area contributed by atoms with Crippen LogP contribution in [0.1, 0.15) is 26.2 Å². The molecule has 2 aliphatic rings. The maximum atomic E-state index is 12.5. The van der Waals surface area contributed by atoms with Crippen LogP contribution in [0.25, 0.3) is 0 Å². The summed E-state index contributed by atoms with van der Waals surface area (Å²) in [6.45, 7) is 2.76. The van der Waals surface area contributed by atoms with E-state index in [1.807, 2.05) is 6.92 Å². The SMILES string of the molecule is CC[C@@H]1CN(C(O)C(F)(F)F)C2(CC2)CN1. The normalized spacial score (nSPS) is 31.7. The lowest BCUT2D eigenvalue weighted by molar-refractivity contribution is -0.262. The second kappa shape index (κ2) is 3.85. The van der Waals surface area contributed by atoms with E-state index in [0.717, 1.165) is 19.3 Å². The number of rotatable bonds is 2. The Morgan fingerprint density at radius 2 is 2.12 bits per heavy atom. The predicted molar refractivity (Wildman–Crippen MR) is 52.8 cm³/mol. The van der Waals surface area contributed by atoms with Crippen LogP contribution in [0.2, 0.25) is 0 Å². The van der Waals surface area contributed by atoms with E-state index in [0.29, 0.717) is 6.54 Å². The molecule has 6 heteroatoms. The Bertz CT molecular complexity index is 265. The number of hydrogen-bond donors (Lipinski definition) is 2. The van der Waals surface area contributed by atoms with Gasteiger partial charge in [0.05, 0.1) is 0 Å². The minimum Gasteiger partial charge on any atom is -0.370 e. The topological polar surface area (TPSA) is 35.5 Å². The molecular weight excluding hydrogens is 221 g/mol. The monoisotopic (exact) mass is 238 g/mol. The van der Waals surface area contributed by atoms with Crippen LogP contribution in [0.5, 0.6) is 0 Å². The maximum Gasteiger partial charge on any atom is 0.428 e. The van der Waals surface area contributed by atoms with Crippen molar-refractivity contribution in [3.05, 3.63) is 0 Å². The van der Waals surface area contributed by atoms with Crippen LogP contribution in [-0.2, 0) is 0 Å². The van der Waals surface area contributed by atoms with Crippen LogP contribution in [-0.4, -0.2) is 47.1 Å². The van der Waals surface area contributed by atoms with Gasteiger partial charge in [-0.1, -0.05) is 6.92 Å². The molecule has 0 amide bonds. The van der Waals surface area contributed by atoms with Crippen molar-refractivity contribution in [2.24, 2.45) is 0 Å². The van der Waals surface area contributed by atoms with Crippen molar-refractivity contribution >= 4 is 0 Å². The average molecular weight is 238 g/mol. The molecule has 3 nitrogen and oxygen atoms in total. The number of aliphatic hydroxyl groups is 1. The Morgan fingerprint density at radius 3 is 2.56 bits per heavy atom. The summed E-state index contributed by atoms with van der Waals surface area (Å²) < 4.78 is 37.6. The largest absolute Gasteiger partial charge is 0.428 e. The molecule has 0 bridgehead atoms. The van der Waals surface area contributed by atoms with Gasteiger partial charge in [-0.2, -0.15) is 13.2 Å². The molecule has 16 heavy (non-hydrogen) atoms. The smallest absolute Gasteiger partial charge is 0.370 e. The van der Waals surface area contributed by atoms with Gasteiger partial charge in [0.15, 0.2) is 0 Å². The Kier molecular flexibility index (Phi) is 2.92. The van der Waals surface area contributed by atoms with Crippen LogP contribution in [0.4, 0.5) is 13.2 Å². The molecular formula is C10H17F3N2O. The van der Waals surface area contributed by atoms with Crippen LogP contribution in [0.15, 0.2) is 0 Å². The molecule has 1 heterocycles. The molecule has 2 atom stereocenters. The molecule has 1 spiro atoms. The van der Waals surface area contributed by atoms with E-state index < -0.39 is 17.9 Å². The van der Waals surface area contributed by atoms with E-state index in [9.17, 15) is 18.3 Å². The summed E-state index contributed by atoms with van der Waals surface area (Å²) in [5.41, 5.74) is -0.444. The fourth-order valence-corrected chi connectivity index (χ4v) is 2.35. The number of halogens is 3. The molecule has 2 N–H and O–H groups in total. The summed E-state index contributed by atoms with van der Waals surface area (Å²) in [5.74, 6) is 0. The van der Waals surface area contributed by atoms with Crippen LogP contribution >= 0.6 is 0 Å². The number of nitrogens with zero attached hydrogens (tertiary/aromatic N) is 1. The zero-order chi connectivity index (χ0) is 12.0. The Labute approximate surface area is 92.6 Å². The average Bonchev–Trinajstić information content (AvgIpc) is 2.97. The van der Waals surface area contributed by atoms with Gasteiger partial charge in [-0.05, 0) is 19.3 Å². The molecule has 0 aromatic rings. The van der Waals surface area contributed by atoms with E-state index in [1.165, 1.54) is 4.90 Å². The Morgan fingerprint density at radius 1 is 1.50 bits per heavy atom. The molecule has 0 aromatic heterocycles. The Balaban J connectivity index is 2.10. The van der Waals surface area contributed by atoms with Crippen molar-refractivity contribution in [3.63, 3.8) is 0 Å². The van der Waals surface area contributed by atoms with Gasteiger partial charge >= 0.3 is 6.18 Å². The molecule has 1 saturated heterocycles. The third-order valence-corrected chi connectivity index (χ3v) is 3.65. The van der Waals surface area contributed by atoms with Crippen LogP contribution in [0.3, 0.4) is 0 Å². The first-order chi connectivity index (χ1) is 7.39. The van der Waals surface area contributed by atoms with Crippen LogP contribution < -0.4 is 5.32 Å². The molecule has 1 saturated carbocycles. The minimum absolute atomic E-state index is 0.0447. The first-order valence-corrected chi connectivity index (χ1v) is 5.64. The van der Waals surface area contributed by atoms with Gasteiger partial charge in [-0.25, -0.2) is 0 Å². The molecule has 1 unspecified atom stereocenters. The first-order valence-electron chi connectivity index (χ1n) is 5.64. The Hall–Kier alpha value is -0.330. The number of hydrogen-bond acceptors (Lipinski definition) is 3. The van der Waals surface area contributed by atoms with Crippen molar-refractivity contribution in [3.8, 4) is 0 Å². The lowest BCUT2D eigenvalue weighted by Crippen LogP contribution is -2.63. The molecule has 1 aliphatic heterocycles. The number of piperazine rings is 1. The summed E-state index contributed by atoms with van der Waals surface area (Å²) in [5, 5.41) is 12.6. The zero-order valence-electron chi connectivity index (χ0n) is 9.22. The highest BCUT2D eigenvalue weighted by molar-refractivity contribution is 5.10. The second-order valence-electron chi connectivity index (χ2n) is 4.78. The molecule has 1 aliphatic carbocycles. The maximum absolute atomic E-state index is 12.5. The summed E-state index contributed by atoms with van der Waals surface area (Å²) in [4.78, 5) is 1.23. The van der Waals surface area contributed by atoms with Gasteiger partial charge in [0.25, 0.3) is 0 Å². The van der Waals surface area contributed by atoms with Crippen LogP contribution in [0, 0.1) is 0 Å². The number of alkyl halides is 3. The lowest BCUT2D eigenvalue weighted by Gasteiger charge is -2.43. The number of nitrogens with one attached hydrogen (secondary N) is 1. The summed E-state index contributed by atoms with van der Waals surface area (Å²) >= 11 is 0. The quantitative estimate of drug-likeness (QED) is 0.755. The number of aliphatic hydroxyl groups excluding tert-OH is 1. The zero-order valence-corrected chi connectivity index (χ0v) is 9.22. The molecule has 0 radical (unpaired) electrons. The van der Waals surface area contributed by atoms with Gasteiger partial charge in [0.2, 0.25) is 6.23 Å². The molecule has 2 fully saturated rings. The van der Waals surface area contributed by atoms with Crippen molar-refractivity contribution in [1.29, 1.82) is 0 Å². The minimum atomic E-state index is -4.55. The van der Waals surface area contributed by atoms with Gasteiger partial charge in [-0.3, -0.25) is 4.90 Å². The lowest BCUT2D eigenvalue weighted by atomic mass is 10.1. The van der Waals surface area contributed by atoms with E-state index in [2.05, 4.69) is 5.32 Å². The summed E-state index contributed by atoms with van der Waals surface area (Å²) in [6.07, 6.45) is -4.61. The molecule has 2 rings (SSSR count). The van der Waals surface area contributed by atoms with Gasteiger partial charge in [0, 0.05) is 24.7 Å². The van der Waals surface area contributed by atoms with E-state index in [-0.39, 0.29) is 12.6 Å². The van der Waals surface area contributed by atoms with Gasteiger partial charge in [-0.15, -0.1) is 0 Å². The fourth-order valence-electron chi connectivity index (χ4n) is 2.35. The fraction of sp³-hybridized carbons (Fsp3) is 1.00. The van der Waals surface area contributed by atoms with Crippen molar-refractivity contribution < 1.29 is 18.3 Å². The highest BCUT2D eigenvalue weighted by Crippen LogP contribution is 2.46.